The summed E-state index contributed by atoms with van der Waals surface area (Å²) in [7, 11) is 0. The van der Waals surface area contributed by atoms with Gasteiger partial charge in [-0.25, -0.2) is 0 Å². The van der Waals surface area contributed by atoms with E-state index in [1.807, 2.05) is 0 Å². The van der Waals surface area contributed by atoms with Crippen molar-refractivity contribution in [3.63, 3.8) is 0 Å². The topological polar surface area (TPSA) is 52.0 Å². The molecule has 3 nitrogen and oxygen atoms in total. The molecule has 9 aliphatic carbocycles. The van der Waals surface area contributed by atoms with Crippen LogP contribution in [0.5, 0.6) is 0 Å². The molecule has 2 aromatic heterocycles. The minimum absolute atomic E-state index is 0.124. The molecule has 0 amide bonds. The molecule has 9 aliphatic rings. The number of aromatic nitrogens is 1. The van der Waals surface area contributed by atoms with Gasteiger partial charge in [-0.15, -0.1) is 0 Å². The Balaban J connectivity index is 1.13. The Bertz CT molecular complexity index is 3220. The van der Waals surface area contributed by atoms with Crippen LogP contribution in [0.25, 0.3) is 71.1 Å². The van der Waals surface area contributed by atoms with Gasteiger partial charge < -0.3 is 4.40 Å². The van der Waals surface area contributed by atoms with Crippen LogP contribution in [0, 0.1) is 46.3 Å². The lowest BCUT2D eigenvalue weighted by molar-refractivity contribution is 0.166. The maximum Gasteiger partial charge on any atom is 0.0995 e. The number of rotatable bonds is 1. The fraction of sp³-hybridized carbons (Fsp3) is 0.368. The summed E-state index contributed by atoms with van der Waals surface area (Å²) in [4.78, 5) is 0. The van der Waals surface area contributed by atoms with E-state index in [0.29, 0.717) is 23.7 Å². The highest BCUT2D eigenvalue weighted by molar-refractivity contribution is 6.27. The Hall–Kier alpha value is -5.64. The summed E-state index contributed by atoms with van der Waals surface area (Å²) < 4.78 is 2.56. The third kappa shape index (κ3) is 3.89. The number of nitrogens with zero attached hydrogens (tertiary/aromatic N) is 3. The van der Waals surface area contributed by atoms with Gasteiger partial charge in [-0.1, -0.05) is 62.4 Å². The zero-order chi connectivity index (χ0) is 39.5. The Morgan fingerprint density at radius 1 is 0.500 bits per heavy atom. The van der Waals surface area contributed by atoms with Crippen molar-refractivity contribution < 1.29 is 0 Å². The van der Waals surface area contributed by atoms with Crippen LogP contribution < -0.4 is 0 Å². The van der Waals surface area contributed by atoms with Crippen molar-refractivity contribution in [2.24, 2.45) is 23.7 Å². The molecule has 60 heavy (non-hydrogen) atoms. The minimum atomic E-state index is -0.124. The Kier molecular flexibility index (Phi) is 6.07. The molecular weight excluding hydrogens is 727 g/mol. The summed E-state index contributed by atoms with van der Waals surface area (Å²) >= 11 is 0. The molecule has 0 aliphatic heterocycles. The van der Waals surface area contributed by atoms with Crippen molar-refractivity contribution in [2.45, 2.75) is 107 Å². The van der Waals surface area contributed by atoms with Gasteiger partial charge in [0.05, 0.1) is 39.8 Å². The number of hydrogen-bond donors (Lipinski definition) is 0. The van der Waals surface area contributed by atoms with Gasteiger partial charge in [-0.2, -0.15) is 10.5 Å². The lowest BCUT2D eigenvalue weighted by Crippen LogP contribution is -2.25. The van der Waals surface area contributed by atoms with Crippen LogP contribution in [0.4, 0.5) is 0 Å². The first-order valence-electron chi connectivity index (χ1n) is 23.2. The molecular formula is C57H47N3. The molecule has 6 aromatic carbocycles. The van der Waals surface area contributed by atoms with E-state index in [2.05, 4.69) is 109 Å². The second kappa shape index (κ2) is 11.0. The fourth-order valence-corrected chi connectivity index (χ4v) is 16.5. The average molecular weight is 774 g/mol. The van der Waals surface area contributed by atoms with Crippen molar-refractivity contribution in [3.05, 3.63) is 123 Å². The van der Waals surface area contributed by atoms with Gasteiger partial charge in [0.1, 0.15) is 0 Å². The standard InChI is InChI=1S/C57H47N3/c1-57(2)45-10-6-5-9-41(45)53-40-8-4-3-7-39(40)42(25-46(53)57)32-21-43-54-47(23-37(26-58)49-33-13-28-11-29(14-33)18-35(17-28)51(49)54)60-48-24-38(27-59)50-34-15-30-12-31(16-34)20-36(19-30)52(50)55(48)44(22-32)56(43)60/h3-10,21-25,28-31,33-36H,11-20H2,1-2H3. The summed E-state index contributed by atoms with van der Waals surface area (Å²) in [6.07, 6.45) is 12.7. The summed E-state index contributed by atoms with van der Waals surface area (Å²) in [5.74, 6) is 4.98. The summed E-state index contributed by atoms with van der Waals surface area (Å²) in [6.45, 7) is 4.83. The highest BCUT2D eigenvalue weighted by Crippen LogP contribution is 2.62. The molecule has 8 bridgehead atoms. The second-order valence-electron chi connectivity index (χ2n) is 21.4. The Labute approximate surface area is 351 Å². The molecule has 4 saturated carbocycles. The van der Waals surface area contributed by atoms with E-state index < -0.39 is 0 Å². The summed E-state index contributed by atoms with van der Waals surface area (Å²) in [6, 6.07) is 36.2. The van der Waals surface area contributed by atoms with Crippen molar-refractivity contribution in [1.29, 1.82) is 10.5 Å². The normalized spacial score (nSPS) is 28.6. The molecule has 17 rings (SSSR count). The predicted octanol–water partition coefficient (Wildman–Crippen LogP) is 14.5. The first-order chi connectivity index (χ1) is 29.4. The third-order valence-electron chi connectivity index (χ3n) is 18.2. The van der Waals surface area contributed by atoms with Crippen LogP contribution in [0.15, 0.2) is 78.9 Å². The van der Waals surface area contributed by atoms with Crippen molar-refractivity contribution in [3.8, 4) is 34.4 Å². The zero-order valence-corrected chi connectivity index (χ0v) is 34.5. The van der Waals surface area contributed by atoms with E-state index in [9.17, 15) is 10.5 Å². The molecule has 2 heterocycles. The van der Waals surface area contributed by atoms with Crippen molar-refractivity contribution >= 4 is 48.9 Å². The molecule has 0 spiro atoms. The fourth-order valence-electron chi connectivity index (χ4n) is 16.5. The van der Waals surface area contributed by atoms with Crippen LogP contribution >= 0.6 is 0 Å². The van der Waals surface area contributed by atoms with Crippen LogP contribution in [0.1, 0.15) is 146 Å². The molecule has 8 aromatic rings. The monoisotopic (exact) mass is 773 g/mol. The van der Waals surface area contributed by atoms with E-state index in [1.54, 1.807) is 0 Å². The summed E-state index contributed by atoms with van der Waals surface area (Å²) in [5.41, 5.74) is 19.4. The number of fused-ring (bicyclic) bond motifs is 11. The van der Waals surface area contributed by atoms with Gasteiger partial charge in [0, 0.05) is 27.0 Å². The molecule has 0 N–H and O–H groups in total. The van der Waals surface area contributed by atoms with Gasteiger partial charge in [-0.3, -0.25) is 0 Å². The van der Waals surface area contributed by atoms with Crippen LogP contribution in [-0.2, 0) is 5.41 Å². The average Bonchev–Trinajstić information content (AvgIpc) is 3.73. The van der Waals surface area contributed by atoms with Gasteiger partial charge in [0.2, 0.25) is 0 Å². The van der Waals surface area contributed by atoms with Gasteiger partial charge >= 0.3 is 0 Å². The summed E-state index contributed by atoms with van der Waals surface area (Å²) in [5, 5.41) is 30.3. The first-order valence-corrected chi connectivity index (χ1v) is 23.2. The van der Waals surface area contributed by atoms with E-state index in [-0.39, 0.29) is 5.41 Å². The molecule has 4 fully saturated rings. The third-order valence-corrected chi connectivity index (χ3v) is 18.2. The molecule has 4 atom stereocenters. The number of hydrogen-bond acceptors (Lipinski definition) is 2. The van der Waals surface area contributed by atoms with E-state index in [0.717, 1.165) is 34.8 Å². The lowest BCUT2D eigenvalue weighted by Gasteiger charge is -2.38. The Morgan fingerprint density at radius 2 is 0.983 bits per heavy atom. The molecule has 4 unspecified atom stereocenters. The maximum absolute atomic E-state index is 11.1. The van der Waals surface area contributed by atoms with E-state index >= 15 is 0 Å². The van der Waals surface area contributed by atoms with Crippen LogP contribution in [-0.4, -0.2) is 4.40 Å². The molecule has 0 radical (unpaired) electrons. The maximum atomic E-state index is 11.1. The van der Waals surface area contributed by atoms with Crippen molar-refractivity contribution in [2.75, 3.05) is 0 Å². The Morgan fingerprint density at radius 3 is 1.52 bits per heavy atom. The largest absolute Gasteiger partial charge is 0.308 e. The highest BCUT2D eigenvalue weighted by atomic mass is 14.9. The SMILES string of the molecule is CC1(C)c2ccccc2-c2c1cc(-c1cc3c4c5c(c(C#N)cc4n4c6cc(C#N)c7c(c6c(c1)c34)C1CC3CC(CC7C3)C1)C1CC3CC(C1)CC5C3)c1ccccc21. The number of benzene rings is 6. The van der Waals surface area contributed by atoms with Crippen molar-refractivity contribution in [1.82, 2.24) is 4.40 Å². The van der Waals surface area contributed by atoms with E-state index in [1.165, 1.54) is 169 Å². The number of nitriles is 2. The quantitative estimate of drug-likeness (QED) is 0.167. The van der Waals surface area contributed by atoms with Gasteiger partial charge in [0.15, 0.2) is 0 Å². The van der Waals surface area contributed by atoms with Gasteiger partial charge in [0.25, 0.3) is 0 Å². The van der Waals surface area contributed by atoms with Crippen LogP contribution in [0.2, 0.25) is 0 Å². The van der Waals surface area contributed by atoms with Gasteiger partial charge in [-0.05, 0) is 208 Å². The molecule has 0 saturated heterocycles. The highest BCUT2D eigenvalue weighted by Gasteiger charge is 2.47. The minimum Gasteiger partial charge on any atom is -0.308 e. The first kappa shape index (κ1) is 33.1. The van der Waals surface area contributed by atoms with Crippen LogP contribution in [0.3, 0.4) is 0 Å². The molecule has 290 valence electrons. The molecule has 3 heteroatoms. The predicted molar refractivity (Wildman–Crippen MR) is 242 cm³/mol. The zero-order valence-electron chi connectivity index (χ0n) is 34.5. The lowest BCUT2D eigenvalue weighted by atomic mass is 9.67. The smallest absolute Gasteiger partial charge is 0.0995 e. The van der Waals surface area contributed by atoms with E-state index in [4.69, 9.17) is 0 Å². The second-order valence-corrected chi connectivity index (χ2v) is 21.4.